The number of nitrogens with one attached hydrogen (secondary N) is 2. The predicted molar refractivity (Wildman–Crippen MR) is 82.8 cm³/mol. The minimum Gasteiger partial charge on any atom is -0.346 e. The molecule has 0 saturated heterocycles. The number of carbonyl (C=O) groups excluding carboxylic acids is 1. The van der Waals surface area contributed by atoms with E-state index in [0.29, 0.717) is 5.82 Å². The fourth-order valence-electron chi connectivity index (χ4n) is 4.27. The summed E-state index contributed by atoms with van der Waals surface area (Å²) in [6, 6.07) is -0.111. The molecular formula is C16H27N5O. The van der Waals surface area contributed by atoms with Gasteiger partial charge in [0.25, 0.3) is 0 Å². The lowest BCUT2D eigenvalue weighted by Gasteiger charge is -2.39. The first kappa shape index (κ1) is 15.4. The third kappa shape index (κ3) is 3.47. The van der Waals surface area contributed by atoms with Gasteiger partial charge in [-0.1, -0.05) is 44.2 Å². The van der Waals surface area contributed by atoms with Crippen molar-refractivity contribution in [1.82, 2.24) is 25.9 Å². The van der Waals surface area contributed by atoms with Gasteiger partial charge in [0, 0.05) is 5.92 Å². The maximum Gasteiger partial charge on any atom is 0.223 e. The lowest BCUT2D eigenvalue weighted by molar-refractivity contribution is -0.128. The Morgan fingerprint density at radius 2 is 2.09 bits per heavy atom. The summed E-state index contributed by atoms with van der Waals surface area (Å²) in [6.07, 6.45) is 10.6. The second-order valence-electron chi connectivity index (χ2n) is 6.93. The van der Waals surface area contributed by atoms with Crippen LogP contribution in [0.2, 0.25) is 0 Å². The number of aromatic amines is 1. The number of nitrogens with zero attached hydrogens (tertiary/aromatic N) is 3. The van der Waals surface area contributed by atoms with E-state index >= 15 is 0 Å². The van der Waals surface area contributed by atoms with Gasteiger partial charge in [0.15, 0.2) is 5.82 Å². The van der Waals surface area contributed by atoms with Crippen molar-refractivity contribution in [3.8, 4) is 0 Å². The molecule has 0 aliphatic heterocycles. The third-order valence-corrected chi connectivity index (χ3v) is 5.48. The minimum atomic E-state index is -0.111. The van der Waals surface area contributed by atoms with Crippen molar-refractivity contribution in [3.63, 3.8) is 0 Å². The molecule has 6 heteroatoms. The quantitative estimate of drug-likeness (QED) is 0.876. The molecule has 1 aromatic heterocycles. The summed E-state index contributed by atoms with van der Waals surface area (Å²) in [7, 11) is 0. The second-order valence-corrected chi connectivity index (χ2v) is 6.93. The van der Waals surface area contributed by atoms with E-state index in [9.17, 15) is 4.79 Å². The number of rotatable bonds is 5. The molecule has 4 unspecified atom stereocenters. The van der Waals surface area contributed by atoms with Crippen molar-refractivity contribution in [2.24, 2.45) is 17.8 Å². The lowest BCUT2D eigenvalue weighted by atomic mass is 9.67. The Balaban J connectivity index is 1.58. The smallest absolute Gasteiger partial charge is 0.223 e. The number of amides is 1. The van der Waals surface area contributed by atoms with Crippen LogP contribution >= 0.6 is 0 Å². The molecule has 0 spiro atoms. The van der Waals surface area contributed by atoms with Gasteiger partial charge in [0.05, 0.1) is 6.04 Å². The minimum absolute atomic E-state index is 0.111. The van der Waals surface area contributed by atoms with Crippen LogP contribution in [-0.4, -0.2) is 26.5 Å². The highest BCUT2D eigenvalue weighted by molar-refractivity contribution is 5.79. The highest BCUT2D eigenvalue weighted by Gasteiger charge is 2.35. The first-order chi connectivity index (χ1) is 10.8. The Kier molecular flexibility index (Phi) is 5.05. The molecule has 1 heterocycles. The number of fused-ring (bicyclic) bond motifs is 1. The van der Waals surface area contributed by atoms with Gasteiger partial charge in [-0.25, -0.2) is 0 Å². The van der Waals surface area contributed by atoms with E-state index in [1.807, 2.05) is 0 Å². The number of H-pyrrole nitrogens is 1. The maximum absolute atomic E-state index is 12.7. The average Bonchev–Trinajstić information content (AvgIpc) is 3.08. The average molecular weight is 305 g/mol. The Morgan fingerprint density at radius 3 is 2.82 bits per heavy atom. The Morgan fingerprint density at radius 1 is 1.27 bits per heavy atom. The molecule has 1 amide bonds. The fraction of sp³-hybridized carbons (Fsp3) is 0.875. The summed E-state index contributed by atoms with van der Waals surface area (Å²) in [6.45, 7) is 2.10. The number of hydrogen-bond acceptors (Lipinski definition) is 4. The van der Waals surface area contributed by atoms with Crippen LogP contribution < -0.4 is 5.32 Å². The van der Waals surface area contributed by atoms with Crippen LogP contribution in [-0.2, 0) is 4.79 Å². The second kappa shape index (κ2) is 7.20. The highest BCUT2D eigenvalue weighted by atomic mass is 16.2. The maximum atomic E-state index is 12.7. The van der Waals surface area contributed by atoms with Crippen molar-refractivity contribution in [2.45, 2.75) is 70.8 Å². The van der Waals surface area contributed by atoms with Gasteiger partial charge in [-0.2, -0.15) is 5.21 Å². The van der Waals surface area contributed by atoms with Crippen molar-refractivity contribution < 1.29 is 4.79 Å². The number of aromatic nitrogens is 4. The van der Waals surface area contributed by atoms with Crippen LogP contribution in [0.3, 0.4) is 0 Å². The third-order valence-electron chi connectivity index (χ3n) is 5.48. The number of carbonyl (C=O) groups is 1. The largest absolute Gasteiger partial charge is 0.346 e. The number of hydrogen-bond donors (Lipinski definition) is 2. The number of tetrazole rings is 1. The standard InChI is InChI=1S/C16H27N5O/c1-2-5-14(15-18-20-21-19-15)17-16(22)13-9-8-11-6-3-4-7-12(11)10-13/h11-14H,2-10H2,1H3,(H,17,22)(H,18,19,20,21). The van der Waals surface area contributed by atoms with Gasteiger partial charge < -0.3 is 5.32 Å². The van der Waals surface area contributed by atoms with Crippen LogP contribution in [0.1, 0.15) is 76.6 Å². The summed E-state index contributed by atoms with van der Waals surface area (Å²) in [5.74, 6) is 2.61. The zero-order valence-electron chi connectivity index (χ0n) is 13.4. The van der Waals surface area contributed by atoms with Gasteiger partial charge in [-0.3, -0.25) is 4.79 Å². The zero-order chi connectivity index (χ0) is 15.4. The molecule has 2 aliphatic rings. The summed E-state index contributed by atoms with van der Waals surface area (Å²) >= 11 is 0. The topological polar surface area (TPSA) is 83.6 Å². The van der Waals surface area contributed by atoms with E-state index in [1.165, 1.54) is 32.1 Å². The van der Waals surface area contributed by atoms with Crippen LogP contribution in [0.5, 0.6) is 0 Å². The van der Waals surface area contributed by atoms with Crippen molar-refractivity contribution in [2.75, 3.05) is 0 Å². The van der Waals surface area contributed by atoms with Crippen molar-refractivity contribution in [1.29, 1.82) is 0 Å². The summed E-state index contributed by atoms with van der Waals surface area (Å²) in [5, 5.41) is 17.3. The Bertz CT molecular complexity index is 475. The Hall–Kier alpha value is -1.46. The molecule has 122 valence electrons. The molecule has 2 fully saturated rings. The highest BCUT2D eigenvalue weighted by Crippen LogP contribution is 2.42. The molecule has 1 aromatic rings. The normalized spacial score (nSPS) is 29.6. The predicted octanol–water partition coefficient (Wildman–Crippen LogP) is 2.76. The molecule has 3 rings (SSSR count). The molecule has 2 N–H and O–H groups in total. The van der Waals surface area contributed by atoms with Gasteiger partial charge in [0.1, 0.15) is 0 Å². The molecule has 22 heavy (non-hydrogen) atoms. The van der Waals surface area contributed by atoms with E-state index in [-0.39, 0.29) is 17.9 Å². The van der Waals surface area contributed by atoms with Gasteiger partial charge >= 0.3 is 0 Å². The molecule has 0 aromatic carbocycles. The fourth-order valence-corrected chi connectivity index (χ4v) is 4.27. The van der Waals surface area contributed by atoms with E-state index in [0.717, 1.165) is 37.5 Å². The molecule has 2 saturated carbocycles. The SMILES string of the molecule is CCCC(NC(=O)C1CCC2CCCCC2C1)c1nn[nH]n1. The van der Waals surface area contributed by atoms with Gasteiger partial charge in [0.2, 0.25) is 5.91 Å². The molecule has 0 radical (unpaired) electrons. The van der Waals surface area contributed by atoms with Crippen LogP contribution in [0.4, 0.5) is 0 Å². The van der Waals surface area contributed by atoms with Crippen molar-refractivity contribution >= 4 is 5.91 Å². The monoisotopic (exact) mass is 305 g/mol. The zero-order valence-corrected chi connectivity index (χ0v) is 13.4. The molecule has 0 bridgehead atoms. The van der Waals surface area contributed by atoms with E-state index in [1.54, 1.807) is 0 Å². The van der Waals surface area contributed by atoms with E-state index in [4.69, 9.17) is 0 Å². The van der Waals surface area contributed by atoms with Gasteiger partial charge in [-0.05, 0) is 37.5 Å². The molecule has 6 nitrogen and oxygen atoms in total. The molecular weight excluding hydrogens is 278 g/mol. The van der Waals surface area contributed by atoms with Crippen LogP contribution in [0.15, 0.2) is 0 Å². The lowest BCUT2D eigenvalue weighted by Crippen LogP contribution is -2.39. The van der Waals surface area contributed by atoms with Gasteiger partial charge in [-0.15, -0.1) is 10.2 Å². The van der Waals surface area contributed by atoms with E-state index < -0.39 is 0 Å². The first-order valence-corrected chi connectivity index (χ1v) is 8.81. The van der Waals surface area contributed by atoms with Crippen LogP contribution in [0.25, 0.3) is 0 Å². The summed E-state index contributed by atoms with van der Waals surface area (Å²) in [5.41, 5.74) is 0. The van der Waals surface area contributed by atoms with E-state index in [2.05, 4.69) is 32.9 Å². The molecule has 4 atom stereocenters. The van der Waals surface area contributed by atoms with Crippen LogP contribution in [0, 0.1) is 17.8 Å². The first-order valence-electron chi connectivity index (χ1n) is 8.81. The van der Waals surface area contributed by atoms with Crippen molar-refractivity contribution in [3.05, 3.63) is 5.82 Å². The Labute approximate surface area is 131 Å². The summed E-state index contributed by atoms with van der Waals surface area (Å²) < 4.78 is 0. The molecule has 2 aliphatic carbocycles. The summed E-state index contributed by atoms with van der Waals surface area (Å²) in [4.78, 5) is 12.7.